The average molecular weight is 650 g/mol. The van der Waals surface area contributed by atoms with Crippen molar-refractivity contribution >= 4 is 11.8 Å². The number of methoxy groups -OCH3 is 1. The van der Waals surface area contributed by atoms with Crippen LogP contribution in [0.1, 0.15) is 59.9 Å². The fourth-order valence-corrected chi connectivity index (χ4v) is 7.85. The zero-order valence-electron chi connectivity index (χ0n) is 29.9. The molecule has 9 atom stereocenters. The zero-order chi connectivity index (χ0) is 34.1. The van der Waals surface area contributed by atoms with Crippen molar-refractivity contribution in [1.29, 1.82) is 0 Å². The molecular weight excluding hydrogens is 590 g/mol. The van der Waals surface area contributed by atoms with E-state index >= 15 is 0 Å². The Labute approximate surface area is 275 Å². The Balaban J connectivity index is 1.59. The van der Waals surface area contributed by atoms with E-state index in [0.29, 0.717) is 18.8 Å². The van der Waals surface area contributed by atoms with E-state index in [9.17, 15) is 14.7 Å². The number of likely N-dealkylation sites (N-methyl/N-ethyl adjacent to an activating group) is 2. The van der Waals surface area contributed by atoms with Crippen molar-refractivity contribution < 1.29 is 33.6 Å². The number of carbonyl (C=O) groups excluding carboxylic acids is 2. The smallest absolute Gasteiger partial charge is 0.319 e. The minimum atomic E-state index is -1.42. The third-order valence-electron chi connectivity index (χ3n) is 10.6. The Morgan fingerprint density at radius 3 is 2.37 bits per heavy atom. The van der Waals surface area contributed by atoms with Gasteiger partial charge in [0.15, 0.2) is 12.1 Å². The highest BCUT2D eigenvalue weighted by atomic mass is 16.7. The van der Waals surface area contributed by atoms with Gasteiger partial charge in [0.1, 0.15) is 18.1 Å². The van der Waals surface area contributed by atoms with Gasteiger partial charge < -0.3 is 29.0 Å². The van der Waals surface area contributed by atoms with Gasteiger partial charge in [-0.05, 0) is 67.6 Å². The number of likely N-dealkylation sites (tertiary alicyclic amines) is 1. The van der Waals surface area contributed by atoms with Gasteiger partial charge in [-0.15, -0.1) is 0 Å². The van der Waals surface area contributed by atoms with Crippen molar-refractivity contribution in [2.75, 3.05) is 54.5 Å². The quantitative estimate of drug-likeness (QED) is 0.346. The summed E-state index contributed by atoms with van der Waals surface area (Å²) in [6, 6.07) is -0.178. The molecule has 4 heterocycles. The maximum atomic E-state index is 14.2. The van der Waals surface area contributed by atoms with Gasteiger partial charge >= 0.3 is 5.97 Å². The molecule has 1 aromatic heterocycles. The van der Waals surface area contributed by atoms with Gasteiger partial charge in [-0.3, -0.25) is 24.1 Å². The van der Waals surface area contributed by atoms with Crippen LogP contribution in [-0.4, -0.2) is 138 Å². The minimum absolute atomic E-state index is 0.00304. The number of rotatable bonds is 7. The Hall–Kier alpha value is -1.93. The van der Waals surface area contributed by atoms with Crippen LogP contribution in [0.25, 0.3) is 0 Å². The lowest BCUT2D eigenvalue weighted by molar-refractivity contribution is -0.295. The SMILES string of the molecule is CO[C@]1(C)C[C@@H](C)CN(C)C(C2CN(Cc3cnn(C)c3)C2)COC(=O)C(C)(C)C(=O)[C@H](C)[C@H]1O[C@@H]1O[C@H](C)C[C@H](N(C)C)[C@H]1O. The van der Waals surface area contributed by atoms with Crippen LogP contribution in [0.2, 0.25) is 0 Å². The average Bonchev–Trinajstić information content (AvgIpc) is 3.38. The van der Waals surface area contributed by atoms with Crippen molar-refractivity contribution in [3.05, 3.63) is 18.0 Å². The number of Topliss-reactive ketones (excluding diaryl/α,β-unsaturated/α-hetero) is 1. The molecule has 46 heavy (non-hydrogen) atoms. The molecule has 3 aliphatic rings. The van der Waals surface area contributed by atoms with Gasteiger partial charge in [0, 0.05) is 76.0 Å². The highest BCUT2D eigenvalue weighted by Crippen LogP contribution is 2.38. The number of nitrogens with zero attached hydrogens (tertiary/aromatic N) is 5. The number of carbonyl (C=O) groups is 2. The number of ketones is 1. The molecule has 0 spiro atoms. The molecule has 3 saturated heterocycles. The van der Waals surface area contributed by atoms with Crippen molar-refractivity contribution in [1.82, 2.24) is 24.5 Å². The minimum Gasteiger partial charge on any atom is -0.463 e. The molecule has 1 N–H and O–H groups in total. The molecule has 0 aromatic carbocycles. The van der Waals surface area contributed by atoms with Crippen LogP contribution in [0.3, 0.4) is 0 Å². The highest BCUT2D eigenvalue weighted by Gasteiger charge is 2.52. The molecule has 0 bridgehead atoms. The molecule has 3 fully saturated rings. The first-order valence-corrected chi connectivity index (χ1v) is 16.8. The fraction of sp³-hybridized carbons (Fsp3) is 0.853. The summed E-state index contributed by atoms with van der Waals surface area (Å²) in [5, 5.41) is 15.6. The Morgan fingerprint density at radius 1 is 1.11 bits per heavy atom. The molecule has 1 aromatic rings. The second-order valence-corrected chi connectivity index (χ2v) is 15.3. The highest BCUT2D eigenvalue weighted by molar-refractivity contribution is 6.04. The van der Waals surface area contributed by atoms with Gasteiger partial charge in [0.2, 0.25) is 0 Å². The molecular formula is C34H59N5O7. The van der Waals surface area contributed by atoms with Gasteiger partial charge in [0.25, 0.3) is 0 Å². The number of cyclic esters (lactones) is 1. The molecule has 1 unspecified atom stereocenters. The summed E-state index contributed by atoms with van der Waals surface area (Å²) in [6.45, 7) is 14.7. The number of hydrogen-bond acceptors (Lipinski definition) is 11. The predicted octanol–water partition coefficient (Wildman–Crippen LogP) is 2.18. The lowest BCUT2D eigenvalue weighted by Gasteiger charge is -2.47. The summed E-state index contributed by atoms with van der Waals surface area (Å²) in [7, 11) is 9.50. The first-order valence-electron chi connectivity index (χ1n) is 16.8. The summed E-state index contributed by atoms with van der Waals surface area (Å²) in [5.41, 5.74) is -1.17. The van der Waals surface area contributed by atoms with Crippen LogP contribution in [0.5, 0.6) is 0 Å². The van der Waals surface area contributed by atoms with Crippen LogP contribution in [-0.2, 0) is 42.1 Å². The van der Waals surface area contributed by atoms with Crippen molar-refractivity contribution in [2.45, 2.75) is 103 Å². The summed E-state index contributed by atoms with van der Waals surface area (Å²) in [4.78, 5) is 34.5. The number of esters is 1. The Kier molecular flexibility index (Phi) is 11.8. The molecule has 262 valence electrons. The molecule has 12 heteroatoms. The van der Waals surface area contributed by atoms with E-state index in [1.807, 2.05) is 57.0 Å². The summed E-state index contributed by atoms with van der Waals surface area (Å²) in [5.74, 6) is -1.14. The number of aliphatic hydroxyl groups is 1. The van der Waals surface area contributed by atoms with Crippen LogP contribution >= 0.6 is 0 Å². The van der Waals surface area contributed by atoms with E-state index in [-0.39, 0.29) is 36.5 Å². The summed E-state index contributed by atoms with van der Waals surface area (Å²) < 4.78 is 26.8. The Bertz CT molecular complexity index is 1190. The summed E-state index contributed by atoms with van der Waals surface area (Å²) in [6.07, 6.45) is 2.32. The number of ether oxygens (including phenoxy) is 4. The van der Waals surface area contributed by atoms with Crippen LogP contribution in [0.15, 0.2) is 12.4 Å². The van der Waals surface area contributed by atoms with E-state index in [1.165, 1.54) is 5.56 Å². The predicted molar refractivity (Wildman–Crippen MR) is 174 cm³/mol. The van der Waals surface area contributed by atoms with Crippen molar-refractivity contribution in [3.63, 3.8) is 0 Å². The number of hydrogen-bond donors (Lipinski definition) is 1. The van der Waals surface area contributed by atoms with E-state index in [4.69, 9.17) is 18.9 Å². The third kappa shape index (κ3) is 8.02. The van der Waals surface area contributed by atoms with Gasteiger partial charge in [-0.2, -0.15) is 5.10 Å². The maximum Gasteiger partial charge on any atom is 0.319 e. The fourth-order valence-electron chi connectivity index (χ4n) is 7.85. The van der Waals surface area contributed by atoms with Crippen molar-refractivity contribution in [3.8, 4) is 0 Å². The second kappa shape index (κ2) is 14.7. The molecule has 4 rings (SSSR count). The van der Waals surface area contributed by atoms with Crippen LogP contribution in [0, 0.1) is 23.2 Å². The topological polar surface area (TPSA) is 119 Å². The molecule has 0 saturated carbocycles. The van der Waals surface area contributed by atoms with E-state index in [0.717, 1.165) is 26.2 Å². The lowest BCUT2D eigenvalue weighted by Crippen LogP contribution is -2.59. The maximum absolute atomic E-state index is 14.2. The number of aryl methyl sites for hydroxylation is 1. The molecule has 12 nitrogen and oxygen atoms in total. The van der Waals surface area contributed by atoms with E-state index < -0.39 is 41.4 Å². The van der Waals surface area contributed by atoms with Gasteiger partial charge in [0.05, 0.1) is 24.0 Å². The van der Waals surface area contributed by atoms with Gasteiger partial charge in [-0.25, -0.2) is 0 Å². The third-order valence-corrected chi connectivity index (χ3v) is 10.6. The zero-order valence-corrected chi connectivity index (χ0v) is 29.9. The number of aliphatic hydroxyl groups excluding tert-OH is 1. The van der Waals surface area contributed by atoms with Crippen LogP contribution < -0.4 is 0 Å². The van der Waals surface area contributed by atoms with Crippen molar-refractivity contribution in [2.24, 2.45) is 30.2 Å². The number of aromatic nitrogens is 2. The van der Waals surface area contributed by atoms with Crippen LogP contribution in [0.4, 0.5) is 0 Å². The van der Waals surface area contributed by atoms with E-state index in [2.05, 4.69) is 28.9 Å². The standard InChI is InChI=1S/C34H59N5O7/c1-21-13-34(6,43-11)30(46-31-28(40)26(36(7)8)12-22(2)45-31)23(3)29(41)33(4,5)32(42)44-20-27(37(9)15-21)25-18-39(19-25)17-24-14-35-38(10)16-24/h14,16,21-23,25-28,30-31,40H,12-13,15,17-20H2,1-11H3/t21-,22-,23+,26+,27?,28-,30-,31+,34-/m1/s1. The first kappa shape index (κ1) is 36.9. The second-order valence-electron chi connectivity index (χ2n) is 15.3. The van der Waals surface area contributed by atoms with E-state index in [1.54, 1.807) is 27.9 Å². The largest absolute Gasteiger partial charge is 0.463 e. The normalized spacial score (nSPS) is 37.7. The molecule has 3 aliphatic heterocycles. The van der Waals surface area contributed by atoms with Gasteiger partial charge in [-0.1, -0.05) is 13.8 Å². The molecule has 0 radical (unpaired) electrons. The Morgan fingerprint density at radius 2 is 1.78 bits per heavy atom. The lowest BCUT2D eigenvalue weighted by atomic mass is 9.74. The molecule has 0 aliphatic carbocycles. The first-order chi connectivity index (χ1) is 21.5. The summed E-state index contributed by atoms with van der Waals surface area (Å²) >= 11 is 0. The molecule has 0 amide bonds. The monoisotopic (exact) mass is 649 g/mol.